The Labute approximate surface area is 197 Å². The van der Waals surface area contributed by atoms with Gasteiger partial charge in [-0.3, -0.25) is 18.3 Å². The largest absolute Gasteiger partial charge is 0.394 e. The first-order valence-corrected chi connectivity index (χ1v) is 13.3. The summed E-state index contributed by atoms with van der Waals surface area (Å²) in [5, 5.41) is 8.99. The Bertz CT molecular complexity index is 1190. The van der Waals surface area contributed by atoms with Gasteiger partial charge in [0.05, 0.1) is 32.4 Å². The van der Waals surface area contributed by atoms with Crippen LogP contribution in [-0.4, -0.2) is 77.0 Å². The second-order valence-corrected chi connectivity index (χ2v) is 10.6. The monoisotopic (exact) mass is 540 g/mol. The van der Waals surface area contributed by atoms with Crippen molar-refractivity contribution in [1.82, 2.24) is 19.1 Å². The number of anilines is 2. The van der Waals surface area contributed by atoms with Gasteiger partial charge in [-0.25, -0.2) is 9.59 Å². The zero-order chi connectivity index (χ0) is 26.2. The van der Waals surface area contributed by atoms with Gasteiger partial charge in [0.25, 0.3) is 0 Å². The molecule has 0 radical (unpaired) electrons. The van der Waals surface area contributed by atoms with Gasteiger partial charge in [-0.1, -0.05) is 0 Å². The van der Waals surface area contributed by atoms with E-state index in [1.165, 1.54) is 29.1 Å². The van der Waals surface area contributed by atoms with Crippen molar-refractivity contribution >= 4 is 26.8 Å². The molecule has 3 atom stereocenters. The summed E-state index contributed by atoms with van der Waals surface area (Å²) < 4.78 is 38.8. The number of hydrogen-bond acceptors (Lipinski definition) is 12. The molecule has 2 aromatic rings. The fourth-order valence-electron chi connectivity index (χ4n) is 2.56. The molecule has 3 heterocycles. The van der Waals surface area contributed by atoms with Crippen molar-refractivity contribution in [2.75, 3.05) is 37.4 Å². The standard InChI is InChI=1S/C8H14N3O6P.C8H12N3O5P/c9-7-1-2-11(8(13)10-7)3-6(4-12)17-5-18(14,15)16;9-7-1-2-11(8(12)10-7)3-6-4-16-17(13,14)5-15-6/h1-2,6,12H,3-5H2,(H2,9,10,13)(H2,14,15,16);1-2,6H,3-5H2,(H,13,14)(H2,9,10,12)/t6-;/m0./s1. The predicted molar refractivity (Wildman–Crippen MR) is 120 cm³/mol. The third kappa shape index (κ3) is 10.4. The van der Waals surface area contributed by atoms with Crippen molar-refractivity contribution in [2.24, 2.45) is 0 Å². The van der Waals surface area contributed by atoms with E-state index in [9.17, 15) is 18.7 Å². The molecule has 0 aliphatic carbocycles. The maximum atomic E-state index is 11.4. The SMILES string of the molecule is Nc1ccn(CC2COP(=O)(O)CO2)c(=O)n1.Nc1ccn(C[C@@H](CO)OCP(=O)(O)O)c(=O)n1. The van der Waals surface area contributed by atoms with Gasteiger partial charge >= 0.3 is 26.6 Å². The molecule has 1 aliphatic rings. The van der Waals surface area contributed by atoms with E-state index in [0.717, 1.165) is 4.57 Å². The van der Waals surface area contributed by atoms with Gasteiger partial charge in [0, 0.05) is 12.4 Å². The summed E-state index contributed by atoms with van der Waals surface area (Å²) in [6.45, 7) is -0.407. The first-order valence-electron chi connectivity index (χ1n) is 9.79. The van der Waals surface area contributed by atoms with E-state index in [0.29, 0.717) is 0 Å². The number of ether oxygens (including phenoxy) is 2. The summed E-state index contributed by atoms with van der Waals surface area (Å²) in [5.74, 6) is 0.208. The van der Waals surface area contributed by atoms with E-state index in [-0.39, 0.29) is 37.7 Å². The van der Waals surface area contributed by atoms with Crippen molar-refractivity contribution in [3.63, 3.8) is 0 Å². The van der Waals surface area contributed by atoms with E-state index in [1.54, 1.807) is 0 Å². The van der Waals surface area contributed by atoms with Crippen molar-refractivity contribution < 1.29 is 42.9 Å². The van der Waals surface area contributed by atoms with Crippen LogP contribution in [0, 0.1) is 0 Å². The Balaban J connectivity index is 0.000000247. The maximum Gasteiger partial charge on any atom is 0.353 e. The maximum absolute atomic E-state index is 11.4. The van der Waals surface area contributed by atoms with Crippen molar-refractivity contribution in [3.8, 4) is 0 Å². The molecule has 0 amide bonds. The van der Waals surface area contributed by atoms with Crippen LogP contribution in [0.2, 0.25) is 0 Å². The van der Waals surface area contributed by atoms with Crippen LogP contribution in [0.1, 0.15) is 0 Å². The molecule has 1 aliphatic heterocycles. The molecule has 35 heavy (non-hydrogen) atoms. The normalized spacial score (nSPS) is 21.1. The van der Waals surface area contributed by atoms with Crippen LogP contribution in [0.5, 0.6) is 0 Å². The molecule has 3 rings (SSSR count). The molecule has 19 heteroatoms. The van der Waals surface area contributed by atoms with Gasteiger partial charge < -0.3 is 45.3 Å². The summed E-state index contributed by atoms with van der Waals surface area (Å²) in [7, 11) is -7.91. The van der Waals surface area contributed by atoms with E-state index < -0.39 is 51.7 Å². The van der Waals surface area contributed by atoms with Gasteiger partial charge in [-0.15, -0.1) is 0 Å². The lowest BCUT2D eigenvalue weighted by molar-refractivity contribution is -0.00859. The molecule has 0 bridgehead atoms. The van der Waals surface area contributed by atoms with Crippen LogP contribution in [0.25, 0.3) is 0 Å². The van der Waals surface area contributed by atoms with Crippen LogP contribution >= 0.6 is 15.2 Å². The topological polar surface area (TPSA) is 265 Å². The third-order valence-corrected chi connectivity index (χ3v) is 5.72. The molecular formula is C16H26N6O11P2. The minimum atomic E-state index is -4.31. The highest BCUT2D eigenvalue weighted by atomic mass is 31.2. The molecule has 0 spiro atoms. The van der Waals surface area contributed by atoms with Gasteiger partial charge in [0.1, 0.15) is 30.4 Å². The van der Waals surface area contributed by atoms with Crippen molar-refractivity contribution in [2.45, 2.75) is 25.3 Å². The van der Waals surface area contributed by atoms with Gasteiger partial charge in [0.15, 0.2) is 0 Å². The number of nitrogens with zero attached hydrogens (tertiary/aromatic N) is 4. The number of nitrogens with two attached hydrogens (primary N) is 2. The fourth-order valence-corrected chi connectivity index (χ4v) is 3.83. The Morgan fingerprint density at radius 3 is 2.20 bits per heavy atom. The van der Waals surface area contributed by atoms with Crippen LogP contribution in [0.15, 0.2) is 34.1 Å². The summed E-state index contributed by atoms with van der Waals surface area (Å²) >= 11 is 0. The number of rotatable bonds is 8. The van der Waals surface area contributed by atoms with E-state index >= 15 is 0 Å². The second-order valence-electron chi connectivity index (χ2n) is 7.19. The van der Waals surface area contributed by atoms with Gasteiger partial charge in [0.2, 0.25) is 0 Å². The second kappa shape index (κ2) is 12.5. The molecule has 0 saturated carbocycles. The molecule has 17 nitrogen and oxygen atoms in total. The number of aromatic nitrogens is 4. The number of aliphatic hydroxyl groups is 1. The molecular weight excluding hydrogens is 514 g/mol. The van der Waals surface area contributed by atoms with E-state index in [2.05, 4.69) is 9.97 Å². The van der Waals surface area contributed by atoms with Crippen LogP contribution in [0.3, 0.4) is 0 Å². The first kappa shape index (κ1) is 28.8. The number of nitrogen functional groups attached to an aromatic ring is 2. The summed E-state index contributed by atoms with van der Waals surface area (Å²) in [5.41, 5.74) is 9.52. The smallest absolute Gasteiger partial charge is 0.353 e. The molecule has 8 N–H and O–H groups in total. The Morgan fingerprint density at radius 1 is 1.17 bits per heavy atom. The minimum Gasteiger partial charge on any atom is -0.394 e. The molecule has 196 valence electrons. The highest BCUT2D eigenvalue weighted by Gasteiger charge is 2.30. The average molecular weight is 540 g/mol. The Hall–Kier alpha value is -2.46. The molecule has 2 aromatic heterocycles. The first-order chi connectivity index (χ1) is 16.3. The highest BCUT2D eigenvalue weighted by Crippen LogP contribution is 2.44. The van der Waals surface area contributed by atoms with Gasteiger partial charge in [-0.2, -0.15) is 9.97 Å². The van der Waals surface area contributed by atoms with Crippen molar-refractivity contribution in [1.29, 1.82) is 0 Å². The molecule has 2 unspecified atom stereocenters. The predicted octanol–water partition coefficient (Wildman–Crippen LogP) is -2.28. The molecule has 0 aromatic carbocycles. The fraction of sp³-hybridized carbons (Fsp3) is 0.500. The molecule has 1 saturated heterocycles. The Morgan fingerprint density at radius 2 is 1.74 bits per heavy atom. The van der Waals surface area contributed by atoms with Crippen LogP contribution < -0.4 is 22.8 Å². The molecule has 1 fully saturated rings. The summed E-state index contributed by atoms with van der Waals surface area (Å²) in [6.07, 6.45) is 0.285. The quantitative estimate of drug-likeness (QED) is 0.193. The lowest BCUT2D eigenvalue weighted by Crippen LogP contribution is -2.34. The number of aliphatic hydroxyl groups excluding tert-OH is 1. The lowest BCUT2D eigenvalue weighted by atomic mass is 10.3. The number of hydrogen-bond donors (Lipinski definition) is 6. The zero-order valence-electron chi connectivity index (χ0n) is 18.2. The lowest BCUT2D eigenvalue weighted by Gasteiger charge is -2.26. The zero-order valence-corrected chi connectivity index (χ0v) is 20.0. The highest BCUT2D eigenvalue weighted by molar-refractivity contribution is 7.52. The Kier molecular flexibility index (Phi) is 10.3. The van der Waals surface area contributed by atoms with Gasteiger partial charge in [-0.05, 0) is 12.1 Å². The van der Waals surface area contributed by atoms with Crippen molar-refractivity contribution in [3.05, 3.63) is 45.5 Å². The summed E-state index contributed by atoms with van der Waals surface area (Å²) in [4.78, 5) is 56.1. The average Bonchev–Trinajstić information content (AvgIpc) is 2.75. The van der Waals surface area contributed by atoms with E-state index in [1.807, 2.05) is 0 Å². The van der Waals surface area contributed by atoms with E-state index in [4.69, 9.17) is 45.3 Å². The third-order valence-electron chi connectivity index (χ3n) is 4.21. The minimum absolute atomic E-state index is 0.0371. The summed E-state index contributed by atoms with van der Waals surface area (Å²) in [6, 6.07) is 2.88. The van der Waals surface area contributed by atoms with Crippen LogP contribution in [-0.2, 0) is 36.2 Å². The van der Waals surface area contributed by atoms with Crippen LogP contribution in [0.4, 0.5) is 11.6 Å².